The molecule has 0 heterocycles. The van der Waals surface area contributed by atoms with Crippen LogP contribution in [0, 0.1) is 5.41 Å². The highest BCUT2D eigenvalue weighted by molar-refractivity contribution is 6.30. The maximum absolute atomic E-state index is 12.3. The van der Waals surface area contributed by atoms with E-state index in [0.29, 0.717) is 30.2 Å². The molecule has 5 nitrogen and oxygen atoms in total. The number of rotatable bonds is 9. The Balaban J connectivity index is 1.57. The molecule has 1 amide bonds. The van der Waals surface area contributed by atoms with Gasteiger partial charge in [0.15, 0.2) is 6.61 Å². The van der Waals surface area contributed by atoms with E-state index < -0.39 is 5.60 Å². The average Bonchev–Trinajstić information content (AvgIpc) is 2.77. The molecule has 0 aromatic heterocycles. The van der Waals surface area contributed by atoms with Gasteiger partial charge < -0.3 is 20.6 Å². The van der Waals surface area contributed by atoms with Crippen LogP contribution in [0.5, 0.6) is 5.75 Å². The molecule has 0 spiro atoms. The van der Waals surface area contributed by atoms with Crippen LogP contribution in [0.15, 0.2) is 60.7 Å². The van der Waals surface area contributed by atoms with Gasteiger partial charge in [-0.1, -0.05) is 54.9 Å². The van der Waals surface area contributed by atoms with Gasteiger partial charge >= 0.3 is 0 Å². The molecule has 0 aliphatic heterocycles. The molecular weight excluding hydrogens is 400 g/mol. The van der Waals surface area contributed by atoms with Gasteiger partial charge in [0.25, 0.3) is 5.91 Å². The number of fused-ring (bicyclic) bond motifs is 1. The van der Waals surface area contributed by atoms with Crippen LogP contribution in [0.1, 0.15) is 30.9 Å². The van der Waals surface area contributed by atoms with Crippen molar-refractivity contribution in [3.05, 3.63) is 76.8 Å². The van der Waals surface area contributed by atoms with Crippen LogP contribution in [0.2, 0.25) is 5.02 Å². The van der Waals surface area contributed by atoms with E-state index in [1.165, 1.54) is 6.21 Å². The molecular formula is C24H25ClN2O3. The molecule has 30 heavy (non-hydrogen) atoms. The van der Waals surface area contributed by atoms with Gasteiger partial charge in [-0.3, -0.25) is 4.79 Å². The Bertz CT molecular complexity index is 1040. The van der Waals surface area contributed by atoms with Crippen LogP contribution in [0.3, 0.4) is 0 Å². The van der Waals surface area contributed by atoms with E-state index >= 15 is 0 Å². The van der Waals surface area contributed by atoms with Crippen LogP contribution in [-0.2, 0) is 10.4 Å². The molecule has 0 fully saturated rings. The molecule has 1 atom stereocenters. The van der Waals surface area contributed by atoms with Crippen LogP contribution in [0.4, 0.5) is 0 Å². The van der Waals surface area contributed by atoms with Gasteiger partial charge in [-0.25, -0.2) is 0 Å². The summed E-state index contributed by atoms with van der Waals surface area (Å²) in [6, 6.07) is 18.3. The third-order valence-corrected chi connectivity index (χ3v) is 5.51. The van der Waals surface area contributed by atoms with Gasteiger partial charge in [0, 0.05) is 28.7 Å². The first-order valence-corrected chi connectivity index (χ1v) is 10.2. The maximum atomic E-state index is 12.3. The number of ether oxygens (including phenoxy) is 1. The largest absolute Gasteiger partial charge is 0.483 e. The fourth-order valence-electron chi connectivity index (χ4n) is 3.43. The molecule has 0 saturated carbocycles. The average molecular weight is 425 g/mol. The molecule has 0 aliphatic carbocycles. The first-order chi connectivity index (χ1) is 14.5. The summed E-state index contributed by atoms with van der Waals surface area (Å²) in [5.74, 6) is 0.336. The fourth-order valence-corrected chi connectivity index (χ4v) is 3.56. The molecule has 156 valence electrons. The van der Waals surface area contributed by atoms with Crippen LogP contribution < -0.4 is 10.1 Å². The molecule has 0 bridgehead atoms. The number of amides is 1. The third kappa shape index (κ3) is 4.99. The van der Waals surface area contributed by atoms with E-state index in [-0.39, 0.29) is 12.5 Å². The summed E-state index contributed by atoms with van der Waals surface area (Å²) >= 11 is 5.93. The lowest BCUT2D eigenvalue weighted by Gasteiger charge is -2.27. The van der Waals surface area contributed by atoms with Crippen molar-refractivity contribution in [2.24, 2.45) is 0 Å². The Hall–Kier alpha value is -2.89. The molecule has 3 N–H and O–H groups in total. The van der Waals surface area contributed by atoms with Crippen molar-refractivity contribution in [1.29, 1.82) is 5.41 Å². The van der Waals surface area contributed by atoms with E-state index in [0.717, 1.165) is 21.9 Å². The number of benzene rings is 3. The minimum absolute atomic E-state index is 0.126. The monoisotopic (exact) mass is 424 g/mol. The van der Waals surface area contributed by atoms with E-state index in [1.54, 1.807) is 36.4 Å². The summed E-state index contributed by atoms with van der Waals surface area (Å²) in [7, 11) is 0. The van der Waals surface area contributed by atoms with Gasteiger partial charge in [0.1, 0.15) is 5.75 Å². The van der Waals surface area contributed by atoms with E-state index in [4.69, 9.17) is 21.7 Å². The molecule has 0 saturated heterocycles. The second-order valence-corrected chi connectivity index (χ2v) is 7.56. The lowest BCUT2D eigenvalue weighted by atomic mass is 9.88. The summed E-state index contributed by atoms with van der Waals surface area (Å²) in [4.78, 5) is 12.3. The second-order valence-electron chi connectivity index (χ2n) is 7.12. The highest BCUT2D eigenvalue weighted by Crippen LogP contribution is 2.29. The number of carbonyl (C=O) groups is 1. The van der Waals surface area contributed by atoms with Crippen molar-refractivity contribution < 1.29 is 14.6 Å². The van der Waals surface area contributed by atoms with Crippen molar-refractivity contribution in [3.63, 3.8) is 0 Å². The molecule has 6 heteroatoms. The Labute approximate surface area is 181 Å². The summed E-state index contributed by atoms with van der Waals surface area (Å²) < 4.78 is 5.72. The zero-order valence-electron chi connectivity index (χ0n) is 16.8. The maximum Gasteiger partial charge on any atom is 0.257 e. The summed E-state index contributed by atoms with van der Waals surface area (Å²) in [6.45, 7) is 2.10. The van der Waals surface area contributed by atoms with Gasteiger partial charge in [0.05, 0.1) is 5.60 Å². The SMILES string of the molecule is CCC(O)(CCNC(=O)COc1ccc(C=N)c2ccccc12)c1ccc(Cl)cc1. The number of nitrogens with one attached hydrogen (secondary N) is 2. The van der Waals surface area contributed by atoms with Gasteiger partial charge in [-0.15, -0.1) is 0 Å². The van der Waals surface area contributed by atoms with Crippen molar-refractivity contribution in [3.8, 4) is 5.75 Å². The van der Waals surface area contributed by atoms with Gasteiger partial charge in [-0.2, -0.15) is 0 Å². The first-order valence-electron chi connectivity index (χ1n) is 9.87. The predicted octanol–water partition coefficient (Wildman–Crippen LogP) is 4.67. The lowest BCUT2D eigenvalue weighted by molar-refractivity contribution is -0.123. The van der Waals surface area contributed by atoms with Crippen molar-refractivity contribution in [1.82, 2.24) is 5.32 Å². The molecule has 0 radical (unpaired) electrons. The Morgan fingerprint density at radius 1 is 1.13 bits per heavy atom. The highest BCUT2D eigenvalue weighted by atomic mass is 35.5. The topological polar surface area (TPSA) is 82.4 Å². The molecule has 3 rings (SSSR count). The van der Waals surface area contributed by atoms with Crippen molar-refractivity contribution in [2.75, 3.05) is 13.2 Å². The minimum atomic E-state index is -1.03. The quantitative estimate of drug-likeness (QED) is 0.436. The zero-order valence-corrected chi connectivity index (χ0v) is 17.6. The normalized spacial score (nSPS) is 12.9. The number of carbonyl (C=O) groups excluding carboxylic acids is 1. The molecule has 1 unspecified atom stereocenters. The van der Waals surface area contributed by atoms with Crippen LogP contribution >= 0.6 is 11.6 Å². The molecule has 0 aliphatic rings. The van der Waals surface area contributed by atoms with Gasteiger partial charge in [-0.05, 0) is 48.1 Å². The molecule has 3 aromatic carbocycles. The lowest BCUT2D eigenvalue weighted by Crippen LogP contribution is -2.35. The highest BCUT2D eigenvalue weighted by Gasteiger charge is 2.26. The fraction of sp³-hybridized carbons (Fsp3) is 0.250. The third-order valence-electron chi connectivity index (χ3n) is 5.26. The van der Waals surface area contributed by atoms with Gasteiger partial charge in [0.2, 0.25) is 0 Å². The van der Waals surface area contributed by atoms with Crippen molar-refractivity contribution in [2.45, 2.75) is 25.4 Å². The zero-order chi connectivity index (χ0) is 21.6. The van der Waals surface area contributed by atoms with E-state index in [9.17, 15) is 9.90 Å². The number of hydrogen-bond acceptors (Lipinski definition) is 4. The van der Waals surface area contributed by atoms with Crippen LogP contribution in [-0.4, -0.2) is 30.4 Å². The summed E-state index contributed by atoms with van der Waals surface area (Å²) in [5.41, 5.74) is 0.540. The standard InChI is InChI=1S/C24H25ClN2O3/c1-2-24(29,18-8-10-19(25)11-9-18)13-14-27-23(28)16-30-22-12-7-17(15-26)20-5-3-4-6-21(20)22/h3-12,15,26,29H,2,13-14,16H2,1H3,(H,27,28). The summed E-state index contributed by atoms with van der Waals surface area (Å²) in [6.07, 6.45) is 2.20. The second kappa shape index (κ2) is 9.74. The van der Waals surface area contributed by atoms with E-state index in [1.807, 2.05) is 31.2 Å². The Kier molecular flexibility index (Phi) is 7.08. The number of halogens is 1. The number of hydrogen-bond donors (Lipinski definition) is 3. The smallest absolute Gasteiger partial charge is 0.257 e. The minimum Gasteiger partial charge on any atom is -0.483 e. The number of aliphatic hydroxyl groups is 1. The Morgan fingerprint density at radius 2 is 1.83 bits per heavy atom. The van der Waals surface area contributed by atoms with E-state index in [2.05, 4.69) is 5.32 Å². The predicted molar refractivity (Wildman–Crippen MR) is 121 cm³/mol. The Morgan fingerprint density at radius 3 is 2.50 bits per heavy atom. The molecule has 3 aromatic rings. The van der Waals surface area contributed by atoms with Crippen LogP contribution in [0.25, 0.3) is 10.8 Å². The summed E-state index contributed by atoms with van der Waals surface area (Å²) in [5, 5.41) is 23.6. The first kappa shape index (κ1) is 21.8. The van der Waals surface area contributed by atoms with Crippen molar-refractivity contribution >= 4 is 34.5 Å².